The number of rotatable bonds is 3. The molecule has 0 radical (unpaired) electrons. The van der Waals surface area contributed by atoms with E-state index in [2.05, 4.69) is 9.97 Å². The molecule has 0 unspecified atom stereocenters. The van der Waals surface area contributed by atoms with Crippen molar-refractivity contribution >= 4 is 29.6 Å². The predicted octanol–water partition coefficient (Wildman–Crippen LogP) is 3.23. The van der Waals surface area contributed by atoms with Crippen LogP contribution in [0.2, 0.25) is 5.15 Å². The molecule has 0 aliphatic heterocycles. The van der Waals surface area contributed by atoms with E-state index in [0.717, 1.165) is 4.90 Å². The fraction of sp³-hybridized carbons (Fsp3) is 0. The number of carbonyl (C=O) groups is 1. The van der Waals surface area contributed by atoms with Crippen LogP contribution in [0.3, 0.4) is 0 Å². The van der Waals surface area contributed by atoms with Crippen LogP contribution in [0.4, 0.5) is 4.39 Å². The van der Waals surface area contributed by atoms with E-state index in [1.807, 2.05) is 0 Å². The topological polar surface area (TPSA) is 42.9 Å². The van der Waals surface area contributed by atoms with Gasteiger partial charge in [0.15, 0.2) is 6.29 Å². The van der Waals surface area contributed by atoms with Gasteiger partial charge in [-0.2, -0.15) is 0 Å². The number of hydrogen-bond acceptors (Lipinski definition) is 4. The third kappa shape index (κ3) is 2.81. The number of hydrogen-bond donors (Lipinski definition) is 0. The number of aldehydes is 1. The zero-order valence-corrected chi connectivity index (χ0v) is 10.0. The van der Waals surface area contributed by atoms with Crippen LogP contribution in [-0.2, 0) is 0 Å². The second-order valence-electron chi connectivity index (χ2n) is 3.06. The van der Waals surface area contributed by atoms with Crippen molar-refractivity contribution < 1.29 is 9.18 Å². The first kappa shape index (κ1) is 12.0. The van der Waals surface area contributed by atoms with Crippen LogP contribution in [0.25, 0.3) is 0 Å². The van der Waals surface area contributed by atoms with Crippen LogP contribution >= 0.6 is 23.4 Å². The summed E-state index contributed by atoms with van der Waals surface area (Å²) in [6.07, 6.45) is 1.88. The minimum absolute atomic E-state index is 0.111. The van der Waals surface area contributed by atoms with E-state index in [0.29, 0.717) is 11.3 Å². The van der Waals surface area contributed by atoms with Crippen LogP contribution in [0.5, 0.6) is 0 Å². The van der Waals surface area contributed by atoms with Crippen LogP contribution in [0, 0.1) is 5.82 Å². The van der Waals surface area contributed by atoms with Gasteiger partial charge in [0, 0.05) is 4.90 Å². The number of nitrogens with zero attached hydrogens (tertiary/aromatic N) is 2. The van der Waals surface area contributed by atoms with Crippen LogP contribution in [0.1, 0.15) is 10.4 Å². The highest BCUT2D eigenvalue weighted by atomic mass is 35.5. The molecule has 0 spiro atoms. The van der Waals surface area contributed by atoms with Gasteiger partial charge >= 0.3 is 0 Å². The highest BCUT2D eigenvalue weighted by molar-refractivity contribution is 7.99. The summed E-state index contributed by atoms with van der Waals surface area (Å²) < 4.78 is 12.7. The third-order valence-corrected chi connectivity index (χ3v) is 3.27. The summed E-state index contributed by atoms with van der Waals surface area (Å²) in [4.78, 5) is 19.3. The first-order valence-electron chi connectivity index (χ1n) is 4.60. The van der Waals surface area contributed by atoms with Crippen LogP contribution in [-0.4, -0.2) is 16.3 Å². The highest BCUT2D eigenvalue weighted by Gasteiger charge is 2.10. The molecule has 86 valence electrons. The molecule has 0 saturated heterocycles. The van der Waals surface area contributed by atoms with Gasteiger partial charge in [-0.15, -0.1) is 0 Å². The van der Waals surface area contributed by atoms with E-state index >= 15 is 0 Å². The molecule has 2 aromatic rings. The number of carbonyl (C=O) groups excluding carboxylic acids is 1. The van der Waals surface area contributed by atoms with E-state index in [9.17, 15) is 9.18 Å². The van der Waals surface area contributed by atoms with Gasteiger partial charge in [0.1, 0.15) is 22.3 Å². The van der Waals surface area contributed by atoms with Crippen molar-refractivity contribution in [1.29, 1.82) is 0 Å². The summed E-state index contributed by atoms with van der Waals surface area (Å²) in [6, 6.07) is 5.88. The second-order valence-corrected chi connectivity index (χ2v) is 4.48. The minimum Gasteiger partial charge on any atom is -0.298 e. The average molecular weight is 269 g/mol. The molecule has 0 aliphatic carbocycles. The lowest BCUT2D eigenvalue weighted by Crippen LogP contribution is -1.93. The van der Waals surface area contributed by atoms with E-state index in [-0.39, 0.29) is 16.5 Å². The number of aromatic nitrogens is 2. The second kappa shape index (κ2) is 5.25. The lowest BCUT2D eigenvalue weighted by atomic mass is 10.3. The van der Waals surface area contributed by atoms with Gasteiger partial charge in [0.2, 0.25) is 0 Å². The van der Waals surface area contributed by atoms with Crippen molar-refractivity contribution in [3.05, 3.63) is 47.1 Å². The Morgan fingerprint density at radius 2 is 1.94 bits per heavy atom. The Kier molecular flexibility index (Phi) is 3.71. The van der Waals surface area contributed by atoms with Gasteiger partial charge in [-0.3, -0.25) is 4.79 Å². The maximum absolute atomic E-state index is 12.7. The van der Waals surface area contributed by atoms with Crippen molar-refractivity contribution in [1.82, 2.24) is 9.97 Å². The minimum atomic E-state index is -0.314. The van der Waals surface area contributed by atoms with Crippen molar-refractivity contribution in [2.24, 2.45) is 0 Å². The van der Waals surface area contributed by atoms with Crippen molar-refractivity contribution in [2.45, 2.75) is 9.92 Å². The quantitative estimate of drug-likeness (QED) is 0.633. The summed E-state index contributed by atoms with van der Waals surface area (Å²) in [5.41, 5.74) is 0.239. The normalized spacial score (nSPS) is 10.2. The first-order valence-corrected chi connectivity index (χ1v) is 5.79. The standard InChI is InChI=1S/C11H6ClFN2OS/c12-10-9(5-16)11(15-6-14-10)17-8-3-1-7(13)2-4-8/h1-6H. The third-order valence-electron chi connectivity index (χ3n) is 1.94. The summed E-state index contributed by atoms with van der Waals surface area (Å²) in [5.74, 6) is -0.314. The molecule has 1 aromatic carbocycles. The Hall–Kier alpha value is -1.46. The Morgan fingerprint density at radius 1 is 1.24 bits per heavy atom. The first-order chi connectivity index (χ1) is 8.20. The average Bonchev–Trinajstić information content (AvgIpc) is 2.32. The molecule has 0 saturated carbocycles. The van der Waals surface area contributed by atoms with Gasteiger partial charge < -0.3 is 0 Å². The highest BCUT2D eigenvalue weighted by Crippen LogP contribution is 2.29. The molecule has 0 N–H and O–H groups in total. The van der Waals surface area contributed by atoms with Gasteiger partial charge in [-0.1, -0.05) is 23.4 Å². The molecule has 0 fully saturated rings. The summed E-state index contributed by atoms with van der Waals surface area (Å²) >= 11 is 6.99. The summed E-state index contributed by atoms with van der Waals surface area (Å²) in [6.45, 7) is 0. The maximum Gasteiger partial charge on any atom is 0.155 e. The van der Waals surface area contributed by atoms with E-state index in [1.165, 1.54) is 30.2 Å². The largest absolute Gasteiger partial charge is 0.298 e. The van der Waals surface area contributed by atoms with E-state index in [1.54, 1.807) is 12.1 Å². The van der Waals surface area contributed by atoms with Gasteiger partial charge in [0.25, 0.3) is 0 Å². The molecule has 17 heavy (non-hydrogen) atoms. The molecule has 0 bridgehead atoms. The Bertz CT molecular complexity index is 548. The van der Waals surface area contributed by atoms with Gasteiger partial charge in [-0.05, 0) is 24.3 Å². The lowest BCUT2D eigenvalue weighted by molar-refractivity contribution is 0.112. The molecule has 2 rings (SSSR count). The van der Waals surface area contributed by atoms with Crippen molar-refractivity contribution in [3.63, 3.8) is 0 Å². The molecule has 0 aliphatic rings. The van der Waals surface area contributed by atoms with Crippen LogP contribution < -0.4 is 0 Å². The lowest BCUT2D eigenvalue weighted by Gasteiger charge is -2.03. The Labute approximate surface area is 106 Å². The fourth-order valence-corrected chi connectivity index (χ4v) is 2.24. The molecule has 1 heterocycles. The predicted molar refractivity (Wildman–Crippen MR) is 63.0 cm³/mol. The van der Waals surface area contributed by atoms with Gasteiger partial charge in [-0.25, -0.2) is 14.4 Å². The SMILES string of the molecule is O=Cc1c(Cl)ncnc1Sc1ccc(F)cc1. The summed E-state index contributed by atoms with van der Waals surface area (Å²) in [7, 11) is 0. The van der Waals surface area contributed by atoms with E-state index in [4.69, 9.17) is 11.6 Å². The number of benzene rings is 1. The number of halogens is 2. The molecule has 6 heteroatoms. The fourth-order valence-electron chi connectivity index (χ4n) is 1.15. The van der Waals surface area contributed by atoms with Crippen molar-refractivity contribution in [2.75, 3.05) is 0 Å². The maximum atomic E-state index is 12.7. The molecular weight excluding hydrogens is 263 g/mol. The van der Waals surface area contributed by atoms with E-state index < -0.39 is 0 Å². The molecule has 1 aromatic heterocycles. The van der Waals surface area contributed by atoms with Gasteiger partial charge in [0.05, 0.1) is 5.56 Å². The monoisotopic (exact) mass is 268 g/mol. The van der Waals surface area contributed by atoms with Crippen molar-refractivity contribution in [3.8, 4) is 0 Å². The van der Waals surface area contributed by atoms with Crippen LogP contribution in [0.15, 0.2) is 40.5 Å². The molecule has 3 nitrogen and oxygen atoms in total. The molecule has 0 atom stereocenters. The molecule has 0 amide bonds. The molecular formula is C11H6ClFN2OS. The Balaban J connectivity index is 2.33. The zero-order chi connectivity index (χ0) is 12.3. The smallest absolute Gasteiger partial charge is 0.155 e. The zero-order valence-electron chi connectivity index (χ0n) is 8.43. The Morgan fingerprint density at radius 3 is 2.59 bits per heavy atom. The summed E-state index contributed by atoms with van der Waals surface area (Å²) in [5, 5.41) is 0.561.